The van der Waals surface area contributed by atoms with Crippen LogP contribution in [0.25, 0.3) is 0 Å². The molecule has 0 saturated carbocycles. The van der Waals surface area contributed by atoms with Crippen LogP contribution in [0.15, 0.2) is 0 Å². The molecule has 0 unspecified atom stereocenters. The maximum atomic E-state index is 12.1. The fourth-order valence-corrected chi connectivity index (χ4v) is 2.87. The maximum Gasteiger partial charge on any atom is 0.410 e. The lowest BCUT2D eigenvalue weighted by atomic mass is 9.91. The van der Waals surface area contributed by atoms with Gasteiger partial charge in [0.25, 0.3) is 0 Å². The number of hydrogen-bond donors (Lipinski definition) is 1. The lowest BCUT2D eigenvalue weighted by Gasteiger charge is -2.45. The highest BCUT2D eigenvalue weighted by atomic mass is 16.6. The number of fused-ring (bicyclic) bond motifs is 1. The Morgan fingerprint density at radius 2 is 1.85 bits per heavy atom. The van der Waals surface area contributed by atoms with E-state index in [4.69, 9.17) is 9.84 Å². The first-order valence-corrected chi connectivity index (χ1v) is 7.21. The summed E-state index contributed by atoms with van der Waals surface area (Å²) in [6.07, 6.45) is 1.26. The number of carboxylic acids is 1. The number of carboxylic acid groups (broad SMARTS) is 1. The SMILES string of the molecule is CC(C)(C)OC(=O)N1CCN2C[C@@H](C(=O)O)CC[C@H]2C1. The van der Waals surface area contributed by atoms with Crippen molar-refractivity contribution >= 4 is 12.1 Å². The van der Waals surface area contributed by atoms with Gasteiger partial charge in [-0.25, -0.2) is 4.79 Å². The number of amides is 1. The van der Waals surface area contributed by atoms with Crippen LogP contribution < -0.4 is 0 Å². The van der Waals surface area contributed by atoms with Crippen LogP contribution in [-0.4, -0.2) is 64.8 Å². The first-order chi connectivity index (χ1) is 9.26. The van der Waals surface area contributed by atoms with E-state index in [-0.39, 0.29) is 18.1 Å². The molecule has 0 aromatic carbocycles. The van der Waals surface area contributed by atoms with E-state index in [1.807, 2.05) is 20.8 Å². The normalized spacial score (nSPS) is 27.9. The molecule has 2 fully saturated rings. The Labute approximate surface area is 119 Å². The Morgan fingerprint density at radius 3 is 2.45 bits per heavy atom. The molecule has 0 aromatic heterocycles. The van der Waals surface area contributed by atoms with Gasteiger partial charge in [-0.05, 0) is 33.6 Å². The monoisotopic (exact) mass is 284 g/mol. The molecule has 2 saturated heterocycles. The summed E-state index contributed by atoms with van der Waals surface area (Å²) in [5.41, 5.74) is -0.477. The number of rotatable bonds is 1. The zero-order valence-corrected chi connectivity index (χ0v) is 12.5. The Bertz CT molecular complexity index is 391. The molecular formula is C14H24N2O4. The van der Waals surface area contributed by atoms with E-state index in [1.54, 1.807) is 4.90 Å². The summed E-state index contributed by atoms with van der Waals surface area (Å²) >= 11 is 0. The van der Waals surface area contributed by atoms with E-state index < -0.39 is 11.6 Å². The fourth-order valence-electron chi connectivity index (χ4n) is 2.87. The van der Waals surface area contributed by atoms with Crippen LogP contribution in [0.3, 0.4) is 0 Å². The number of aliphatic carboxylic acids is 1. The number of nitrogens with zero attached hydrogens (tertiary/aromatic N) is 2. The summed E-state index contributed by atoms with van der Waals surface area (Å²) in [5, 5.41) is 9.09. The smallest absolute Gasteiger partial charge is 0.410 e. The molecule has 0 spiro atoms. The van der Waals surface area contributed by atoms with Crippen molar-refractivity contribution in [3.05, 3.63) is 0 Å². The molecule has 6 nitrogen and oxygen atoms in total. The molecule has 1 N–H and O–H groups in total. The van der Waals surface area contributed by atoms with E-state index in [0.717, 1.165) is 13.0 Å². The Morgan fingerprint density at radius 1 is 1.15 bits per heavy atom. The number of piperidine rings is 1. The van der Waals surface area contributed by atoms with Crippen LogP contribution in [0.4, 0.5) is 4.79 Å². The average molecular weight is 284 g/mol. The summed E-state index contributed by atoms with van der Waals surface area (Å²) in [7, 11) is 0. The third-order valence-electron chi connectivity index (χ3n) is 3.91. The number of carbonyl (C=O) groups is 2. The van der Waals surface area contributed by atoms with E-state index >= 15 is 0 Å². The average Bonchev–Trinajstić information content (AvgIpc) is 2.35. The molecule has 2 heterocycles. The summed E-state index contributed by atoms with van der Waals surface area (Å²) < 4.78 is 5.39. The van der Waals surface area contributed by atoms with Crippen molar-refractivity contribution in [3.63, 3.8) is 0 Å². The number of hydrogen-bond acceptors (Lipinski definition) is 4. The van der Waals surface area contributed by atoms with Gasteiger partial charge in [-0.15, -0.1) is 0 Å². The van der Waals surface area contributed by atoms with Crippen molar-refractivity contribution in [1.82, 2.24) is 9.80 Å². The molecule has 6 heteroatoms. The second-order valence-electron chi connectivity index (χ2n) is 6.69. The highest BCUT2D eigenvalue weighted by Gasteiger charge is 2.37. The standard InChI is InChI=1S/C14H24N2O4/c1-14(2,3)20-13(19)16-7-6-15-8-10(12(17)18)4-5-11(15)9-16/h10-11H,4-9H2,1-3H3,(H,17,18)/t10-,11-/m0/s1. The van der Waals surface area contributed by atoms with E-state index in [1.165, 1.54) is 0 Å². The second-order valence-corrected chi connectivity index (χ2v) is 6.69. The van der Waals surface area contributed by atoms with Gasteiger partial charge >= 0.3 is 12.1 Å². The van der Waals surface area contributed by atoms with E-state index in [9.17, 15) is 9.59 Å². The van der Waals surface area contributed by atoms with Crippen molar-refractivity contribution in [2.75, 3.05) is 26.2 Å². The van der Waals surface area contributed by atoms with Gasteiger partial charge in [-0.1, -0.05) is 0 Å². The van der Waals surface area contributed by atoms with Crippen molar-refractivity contribution in [2.45, 2.75) is 45.3 Å². The highest BCUT2D eigenvalue weighted by Crippen LogP contribution is 2.26. The largest absolute Gasteiger partial charge is 0.481 e. The van der Waals surface area contributed by atoms with Gasteiger partial charge in [0.2, 0.25) is 0 Å². The van der Waals surface area contributed by atoms with Crippen LogP contribution in [-0.2, 0) is 9.53 Å². The molecule has 0 aromatic rings. The molecule has 0 radical (unpaired) electrons. The highest BCUT2D eigenvalue weighted by molar-refractivity contribution is 5.70. The van der Waals surface area contributed by atoms with Gasteiger partial charge in [-0.3, -0.25) is 9.69 Å². The number of ether oxygens (including phenoxy) is 1. The van der Waals surface area contributed by atoms with Gasteiger partial charge in [0.05, 0.1) is 5.92 Å². The van der Waals surface area contributed by atoms with E-state index in [2.05, 4.69) is 4.90 Å². The minimum absolute atomic E-state index is 0.265. The van der Waals surface area contributed by atoms with Gasteiger partial charge in [-0.2, -0.15) is 0 Å². The van der Waals surface area contributed by atoms with Crippen LogP contribution in [0, 0.1) is 5.92 Å². The molecule has 2 aliphatic heterocycles. The molecule has 1 amide bonds. The molecule has 114 valence electrons. The molecule has 0 bridgehead atoms. The predicted molar refractivity (Wildman–Crippen MR) is 73.5 cm³/mol. The fraction of sp³-hybridized carbons (Fsp3) is 0.857. The molecule has 2 rings (SSSR count). The summed E-state index contributed by atoms with van der Waals surface area (Å²) in [6, 6.07) is 0.270. The van der Waals surface area contributed by atoms with Crippen molar-refractivity contribution < 1.29 is 19.4 Å². The lowest BCUT2D eigenvalue weighted by Crippen LogP contribution is -2.58. The quantitative estimate of drug-likeness (QED) is 0.788. The van der Waals surface area contributed by atoms with Gasteiger partial charge in [0, 0.05) is 32.2 Å². The van der Waals surface area contributed by atoms with E-state index in [0.29, 0.717) is 26.1 Å². The molecule has 20 heavy (non-hydrogen) atoms. The third kappa shape index (κ3) is 3.62. The summed E-state index contributed by atoms with van der Waals surface area (Å²) in [5.74, 6) is -0.975. The van der Waals surface area contributed by atoms with Crippen LogP contribution in [0.1, 0.15) is 33.6 Å². The predicted octanol–water partition coefficient (Wildman–Crippen LogP) is 1.40. The van der Waals surface area contributed by atoms with Crippen molar-refractivity contribution in [3.8, 4) is 0 Å². The first-order valence-electron chi connectivity index (χ1n) is 7.21. The van der Waals surface area contributed by atoms with Crippen molar-refractivity contribution in [2.24, 2.45) is 5.92 Å². The van der Waals surface area contributed by atoms with Gasteiger partial charge < -0.3 is 14.7 Å². The lowest BCUT2D eigenvalue weighted by molar-refractivity contribution is -0.144. The second kappa shape index (κ2) is 5.60. The Hall–Kier alpha value is -1.30. The van der Waals surface area contributed by atoms with Crippen LogP contribution in [0.5, 0.6) is 0 Å². The summed E-state index contributed by atoms with van der Waals surface area (Å²) in [4.78, 5) is 27.0. The third-order valence-corrected chi connectivity index (χ3v) is 3.91. The number of carbonyl (C=O) groups excluding carboxylic acids is 1. The molecule has 0 aliphatic carbocycles. The maximum absolute atomic E-state index is 12.1. The van der Waals surface area contributed by atoms with Gasteiger partial charge in [0.15, 0.2) is 0 Å². The zero-order valence-electron chi connectivity index (χ0n) is 12.5. The van der Waals surface area contributed by atoms with Crippen molar-refractivity contribution in [1.29, 1.82) is 0 Å². The Kier molecular flexibility index (Phi) is 4.22. The van der Waals surface area contributed by atoms with Gasteiger partial charge in [0.1, 0.15) is 5.60 Å². The minimum atomic E-state index is -0.710. The minimum Gasteiger partial charge on any atom is -0.481 e. The zero-order chi connectivity index (χ0) is 14.9. The van der Waals surface area contributed by atoms with Crippen LogP contribution >= 0.6 is 0 Å². The molecule has 2 atom stereocenters. The topological polar surface area (TPSA) is 70.1 Å². The molecule has 2 aliphatic rings. The molecular weight excluding hydrogens is 260 g/mol. The van der Waals surface area contributed by atoms with Crippen LogP contribution in [0.2, 0.25) is 0 Å². The Balaban J connectivity index is 1.90. The summed E-state index contributed by atoms with van der Waals surface area (Å²) in [6.45, 7) is 8.16. The number of piperazine rings is 1. The first kappa shape index (κ1) is 15.1.